The van der Waals surface area contributed by atoms with Crippen LogP contribution in [0.15, 0.2) is 42.5 Å². The number of aryl methyl sites for hydroxylation is 1. The zero-order chi connectivity index (χ0) is 15.8. The van der Waals surface area contributed by atoms with Gasteiger partial charge in [-0.2, -0.15) is 11.8 Å². The highest BCUT2D eigenvalue weighted by Gasteiger charge is 2.01. The van der Waals surface area contributed by atoms with Gasteiger partial charge in [0.1, 0.15) is 11.6 Å². The van der Waals surface area contributed by atoms with E-state index in [0.717, 1.165) is 29.4 Å². The molecule has 1 aromatic carbocycles. The zero-order valence-electron chi connectivity index (χ0n) is 12.3. The largest absolute Gasteiger partial charge is 0.362 e. The van der Waals surface area contributed by atoms with Crippen LogP contribution in [0.4, 0.5) is 10.2 Å². The first-order valence-corrected chi connectivity index (χ1v) is 8.51. The maximum Gasteiger partial charge on any atom is 0.171 e. The van der Waals surface area contributed by atoms with Crippen LogP contribution in [0.5, 0.6) is 0 Å². The summed E-state index contributed by atoms with van der Waals surface area (Å²) in [5.74, 6) is 2.09. The summed E-state index contributed by atoms with van der Waals surface area (Å²) in [6, 6.07) is 12.6. The summed E-state index contributed by atoms with van der Waals surface area (Å²) < 4.78 is 13.4. The Balaban J connectivity index is 1.64. The Morgan fingerprint density at radius 2 is 2.05 bits per heavy atom. The Bertz CT molecular complexity index is 634. The van der Waals surface area contributed by atoms with Gasteiger partial charge in [-0.25, -0.2) is 9.37 Å². The second-order valence-electron chi connectivity index (χ2n) is 4.69. The summed E-state index contributed by atoms with van der Waals surface area (Å²) in [5, 5.41) is 6.70. The van der Waals surface area contributed by atoms with Gasteiger partial charge in [-0.3, -0.25) is 0 Å². The number of hydrogen-bond acceptors (Lipinski definition) is 3. The standard InChI is InChI=1S/C16H18FN3S2/c1-12-5-4-8-15(19-12)20-16(21)18-9-10-22-11-13-6-2-3-7-14(13)17/h2-8H,9-11H2,1H3,(H2,18,19,20,21). The molecule has 116 valence electrons. The van der Waals surface area contributed by atoms with Gasteiger partial charge in [0.15, 0.2) is 5.11 Å². The molecule has 2 aromatic rings. The van der Waals surface area contributed by atoms with E-state index in [2.05, 4.69) is 15.6 Å². The van der Waals surface area contributed by atoms with Crippen molar-refractivity contribution in [2.45, 2.75) is 12.7 Å². The maximum atomic E-state index is 13.4. The molecular weight excluding hydrogens is 317 g/mol. The number of pyridine rings is 1. The van der Waals surface area contributed by atoms with Gasteiger partial charge in [0.05, 0.1) is 0 Å². The van der Waals surface area contributed by atoms with Crippen molar-refractivity contribution in [3.8, 4) is 0 Å². The third-order valence-electron chi connectivity index (χ3n) is 2.88. The number of benzene rings is 1. The van der Waals surface area contributed by atoms with Crippen LogP contribution in [-0.4, -0.2) is 22.4 Å². The molecule has 6 heteroatoms. The lowest BCUT2D eigenvalue weighted by Gasteiger charge is -2.10. The van der Waals surface area contributed by atoms with Crippen LogP contribution < -0.4 is 10.6 Å². The average molecular weight is 335 g/mol. The van der Waals surface area contributed by atoms with Gasteiger partial charge in [0, 0.05) is 23.7 Å². The molecule has 0 fully saturated rings. The lowest BCUT2D eigenvalue weighted by atomic mass is 10.2. The third-order valence-corrected chi connectivity index (χ3v) is 4.13. The van der Waals surface area contributed by atoms with E-state index in [4.69, 9.17) is 12.2 Å². The second kappa shape index (κ2) is 8.70. The smallest absolute Gasteiger partial charge is 0.171 e. The van der Waals surface area contributed by atoms with E-state index >= 15 is 0 Å². The topological polar surface area (TPSA) is 37.0 Å². The van der Waals surface area contributed by atoms with Crippen molar-refractivity contribution >= 4 is 34.9 Å². The Hall–Kier alpha value is -1.66. The van der Waals surface area contributed by atoms with Crippen LogP contribution in [0.25, 0.3) is 0 Å². The summed E-state index contributed by atoms with van der Waals surface area (Å²) in [5.41, 5.74) is 1.67. The molecule has 2 N–H and O–H groups in total. The molecule has 0 aliphatic heterocycles. The number of thioether (sulfide) groups is 1. The molecule has 0 aliphatic carbocycles. The molecule has 0 atom stereocenters. The van der Waals surface area contributed by atoms with E-state index < -0.39 is 0 Å². The van der Waals surface area contributed by atoms with Gasteiger partial charge in [0.25, 0.3) is 0 Å². The van der Waals surface area contributed by atoms with Gasteiger partial charge in [-0.15, -0.1) is 0 Å². The normalized spacial score (nSPS) is 10.3. The summed E-state index contributed by atoms with van der Waals surface area (Å²) in [4.78, 5) is 4.32. The fourth-order valence-electron chi connectivity index (χ4n) is 1.81. The lowest BCUT2D eigenvalue weighted by molar-refractivity contribution is 0.617. The summed E-state index contributed by atoms with van der Waals surface area (Å²) in [6.45, 7) is 2.65. The van der Waals surface area contributed by atoms with Crippen LogP contribution in [-0.2, 0) is 5.75 Å². The van der Waals surface area contributed by atoms with Gasteiger partial charge < -0.3 is 10.6 Å². The van der Waals surface area contributed by atoms with Gasteiger partial charge in [-0.1, -0.05) is 24.3 Å². The van der Waals surface area contributed by atoms with Crippen LogP contribution in [0, 0.1) is 12.7 Å². The molecule has 0 amide bonds. The number of nitrogens with one attached hydrogen (secondary N) is 2. The van der Waals surface area contributed by atoms with Crippen LogP contribution in [0.3, 0.4) is 0 Å². The Labute approximate surface area is 139 Å². The van der Waals surface area contributed by atoms with Crippen molar-refractivity contribution in [2.24, 2.45) is 0 Å². The first-order valence-electron chi connectivity index (χ1n) is 6.95. The minimum Gasteiger partial charge on any atom is -0.362 e. The molecule has 0 unspecified atom stereocenters. The number of rotatable bonds is 6. The SMILES string of the molecule is Cc1cccc(NC(=S)NCCSCc2ccccc2F)n1. The fraction of sp³-hybridized carbons (Fsp3) is 0.250. The highest BCUT2D eigenvalue weighted by atomic mass is 32.2. The van der Waals surface area contributed by atoms with Crippen LogP contribution in [0.1, 0.15) is 11.3 Å². The molecule has 0 aliphatic rings. The number of halogens is 1. The molecule has 0 saturated carbocycles. The second-order valence-corrected chi connectivity index (χ2v) is 6.20. The Morgan fingerprint density at radius 3 is 2.82 bits per heavy atom. The van der Waals surface area contributed by atoms with Crippen molar-refractivity contribution in [3.05, 3.63) is 59.5 Å². The monoisotopic (exact) mass is 335 g/mol. The van der Waals surface area contributed by atoms with E-state index in [1.54, 1.807) is 17.8 Å². The molecule has 0 saturated heterocycles. The number of nitrogens with zero attached hydrogens (tertiary/aromatic N) is 1. The maximum absolute atomic E-state index is 13.4. The number of anilines is 1. The van der Waals surface area contributed by atoms with Crippen LogP contribution in [0.2, 0.25) is 0 Å². The van der Waals surface area contributed by atoms with Crippen molar-refractivity contribution in [2.75, 3.05) is 17.6 Å². The van der Waals surface area contributed by atoms with E-state index in [-0.39, 0.29) is 5.82 Å². The van der Waals surface area contributed by atoms with Crippen LogP contribution >= 0.6 is 24.0 Å². The summed E-state index contributed by atoms with van der Waals surface area (Å²) in [7, 11) is 0. The number of hydrogen-bond donors (Lipinski definition) is 2. The predicted octanol–water partition coefficient (Wildman–Crippen LogP) is 3.75. The van der Waals surface area contributed by atoms with E-state index in [1.165, 1.54) is 6.07 Å². The molecule has 1 aromatic heterocycles. The molecule has 1 heterocycles. The molecular formula is C16H18FN3S2. The molecule has 0 bridgehead atoms. The average Bonchev–Trinajstić information content (AvgIpc) is 2.48. The molecule has 3 nitrogen and oxygen atoms in total. The number of aromatic nitrogens is 1. The predicted molar refractivity (Wildman–Crippen MR) is 95.8 cm³/mol. The van der Waals surface area contributed by atoms with Gasteiger partial charge >= 0.3 is 0 Å². The summed E-state index contributed by atoms with van der Waals surface area (Å²) in [6.07, 6.45) is 0. The lowest BCUT2D eigenvalue weighted by Crippen LogP contribution is -2.30. The van der Waals surface area contributed by atoms with Crippen molar-refractivity contribution < 1.29 is 4.39 Å². The minimum atomic E-state index is -0.148. The number of thiocarbonyl (C=S) groups is 1. The highest BCUT2D eigenvalue weighted by molar-refractivity contribution is 7.98. The Kier molecular flexibility index (Phi) is 6.61. The summed E-state index contributed by atoms with van der Waals surface area (Å²) >= 11 is 6.88. The van der Waals surface area contributed by atoms with E-state index in [9.17, 15) is 4.39 Å². The van der Waals surface area contributed by atoms with E-state index in [0.29, 0.717) is 10.9 Å². The van der Waals surface area contributed by atoms with Gasteiger partial charge in [0.2, 0.25) is 0 Å². The van der Waals surface area contributed by atoms with Crippen molar-refractivity contribution in [1.82, 2.24) is 10.3 Å². The first-order chi connectivity index (χ1) is 10.6. The van der Waals surface area contributed by atoms with Crippen molar-refractivity contribution in [1.29, 1.82) is 0 Å². The highest BCUT2D eigenvalue weighted by Crippen LogP contribution is 2.14. The van der Waals surface area contributed by atoms with E-state index in [1.807, 2.05) is 37.3 Å². The quantitative estimate of drug-likeness (QED) is 0.621. The Morgan fingerprint density at radius 1 is 1.23 bits per heavy atom. The third kappa shape index (κ3) is 5.61. The molecule has 22 heavy (non-hydrogen) atoms. The fourth-order valence-corrected chi connectivity index (χ4v) is 2.86. The zero-order valence-corrected chi connectivity index (χ0v) is 13.9. The molecule has 2 rings (SSSR count). The van der Waals surface area contributed by atoms with Crippen molar-refractivity contribution in [3.63, 3.8) is 0 Å². The minimum absolute atomic E-state index is 0.148. The molecule has 0 spiro atoms. The first kappa shape index (κ1) is 16.7. The van der Waals surface area contributed by atoms with Gasteiger partial charge in [-0.05, 0) is 42.9 Å². The molecule has 0 radical (unpaired) electrons.